The summed E-state index contributed by atoms with van der Waals surface area (Å²) < 4.78 is 5.84. The fourth-order valence-electron chi connectivity index (χ4n) is 1.76. The zero-order chi connectivity index (χ0) is 13.1. The van der Waals surface area contributed by atoms with Gasteiger partial charge < -0.3 is 9.84 Å². The third-order valence-electron chi connectivity index (χ3n) is 2.93. The van der Waals surface area contributed by atoms with Crippen molar-refractivity contribution in [2.24, 2.45) is 0 Å². The summed E-state index contributed by atoms with van der Waals surface area (Å²) in [5, 5.41) is 9.44. The first kappa shape index (κ1) is 12.7. The van der Waals surface area contributed by atoms with Gasteiger partial charge in [0.25, 0.3) is 0 Å². The summed E-state index contributed by atoms with van der Waals surface area (Å²) in [4.78, 5) is 0. The van der Waals surface area contributed by atoms with Crippen molar-refractivity contribution >= 4 is 0 Å². The van der Waals surface area contributed by atoms with E-state index in [1.165, 1.54) is 5.56 Å². The van der Waals surface area contributed by atoms with Gasteiger partial charge in [0.05, 0.1) is 6.10 Å². The van der Waals surface area contributed by atoms with Gasteiger partial charge in [0.1, 0.15) is 11.5 Å². The molecule has 0 fully saturated rings. The molecule has 94 valence electrons. The molecule has 0 radical (unpaired) electrons. The second kappa shape index (κ2) is 5.23. The molecule has 0 amide bonds. The van der Waals surface area contributed by atoms with Gasteiger partial charge in [-0.3, -0.25) is 0 Å². The normalized spacial score (nSPS) is 12.2. The van der Waals surface area contributed by atoms with Crippen LogP contribution in [0.5, 0.6) is 11.5 Å². The monoisotopic (exact) mass is 242 g/mol. The Morgan fingerprint density at radius 3 is 2.28 bits per heavy atom. The van der Waals surface area contributed by atoms with Crippen molar-refractivity contribution in [2.45, 2.75) is 26.9 Å². The van der Waals surface area contributed by atoms with Crippen LogP contribution in [0.1, 0.15) is 29.7 Å². The van der Waals surface area contributed by atoms with Crippen molar-refractivity contribution < 1.29 is 9.84 Å². The van der Waals surface area contributed by atoms with Gasteiger partial charge in [0, 0.05) is 0 Å². The van der Waals surface area contributed by atoms with Crippen molar-refractivity contribution in [3.63, 3.8) is 0 Å². The largest absolute Gasteiger partial charge is 0.457 e. The highest BCUT2D eigenvalue weighted by molar-refractivity contribution is 5.40. The maximum absolute atomic E-state index is 9.44. The maximum Gasteiger partial charge on any atom is 0.130 e. The van der Waals surface area contributed by atoms with E-state index >= 15 is 0 Å². The first-order chi connectivity index (χ1) is 8.56. The highest BCUT2D eigenvalue weighted by Crippen LogP contribution is 2.27. The van der Waals surface area contributed by atoms with Gasteiger partial charge in [-0.05, 0) is 55.7 Å². The lowest BCUT2D eigenvalue weighted by Crippen LogP contribution is -1.92. The number of aryl methyl sites for hydroxylation is 2. The number of benzene rings is 2. The summed E-state index contributed by atoms with van der Waals surface area (Å²) in [6, 6.07) is 13.7. The molecule has 0 aliphatic carbocycles. The maximum atomic E-state index is 9.44. The standard InChI is InChI=1S/C16H18O2/c1-11-4-5-12(2)16(10-11)18-15-8-6-14(7-9-15)13(3)17/h4-10,13,17H,1-3H3/t13-/m0/s1. The Balaban J connectivity index is 2.21. The number of hydrogen-bond acceptors (Lipinski definition) is 2. The van der Waals surface area contributed by atoms with Crippen molar-refractivity contribution in [1.29, 1.82) is 0 Å². The minimum atomic E-state index is -0.445. The minimum Gasteiger partial charge on any atom is -0.457 e. The second-order valence-corrected chi connectivity index (χ2v) is 4.62. The molecule has 0 bridgehead atoms. The van der Waals surface area contributed by atoms with Crippen LogP contribution in [0.25, 0.3) is 0 Å². The molecule has 0 heterocycles. The van der Waals surface area contributed by atoms with Crippen molar-refractivity contribution in [3.8, 4) is 11.5 Å². The zero-order valence-electron chi connectivity index (χ0n) is 11.0. The lowest BCUT2D eigenvalue weighted by atomic mass is 10.1. The molecule has 2 rings (SSSR count). The molecule has 2 aromatic carbocycles. The summed E-state index contributed by atoms with van der Waals surface area (Å²) in [6.07, 6.45) is -0.445. The Hall–Kier alpha value is -1.80. The summed E-state index contributed by atoms with van der Waals surface area (Å²) in [7, 11) is 0. The second-order valence-electron chi connectivity index (χ2n) is 4.62. The molecule has 2 heteroatoms. The zero-order valence-corrected chi connectivity index (χ0v) is 11.0. The summed E-state index contributed by atoms with van der Waals surface area (Å²) in [5.74, 6) is 1.66. The quantitative estimate of drug-likeness (QED) is 0.876. The SMILES string of the molecule is Cc1ccc(C)c(Oc2ccc([C@H](C)O)cc2)c1. The predicted molar refractivity (Wildman–Crippen MR) is 73.1 cm³/mol. The molecule has 0 aromatic heterocycles. The van der Waals surface area contributed by atoms with Crippen LogP contribution in [-0.2, 0) is 0 Å². The van der Waals surface area contributed by atoms with E-state index in [2.05, 4.69) is 12.1 Å². The molecule has 0 spiro atoms. The molecule has 1 atom stereocenters. The average Bonchev–Trinajstić information content (AvgIpc) is 2.34. The molecule has 0 saturated heterocycles. The van der Waals surface area contributed by atoms with Gasteiger partial charge in [0.15, 0.2) is 0 Å². The van der Waals surface area contributed by atoms with Crippen LogP contribution in [0, 0.1) is 13.8 Å². The van der Waals surface area contributed by atoms with Gasteiger partial charge >= 0.3 is 0 Å². The first-order valence-corrected chi connectivity index (χ1v) is 6.09. The van der Waals surface area contributed by atoms with Crippen LogP contribution >= 0.6 is 0 Å². The van der Waals surface area contributed by atoms with E-state index in [1.54, 1.807) is 6.92 Å². The van der Waals surface area contributed by atoms with Gasteiger partial charge in [0.2, 0.25) is 0 Å². The Bertz CT molecular complexity index is 527. The summed E-state index contributed by atoms with van der Waals surface area (Å²) in [6.45, 7) is 5.82. The number of hydrogen-bond donors (Lipinski definition) is 1. The smallest absolute Gasteiger partial charge is 0.130 e. The molecule has 0 saturated carbocycles. The molecule has 1 N–H and O–H groups in total. The van der Waals surface area contributed by atoms with Crippen LogP contribution in [-0.4, -0.2) is 5.11 Å². The van der Waals surface area contributed by atoms with Crippen LogP contribution in [0.3, 0.4) is 0 Å². The number of ether oxygens (including phenoxy) is 1. The lowest BCUT2D eigenvalue weighted by molar-refractivity contribution is 0.199. The Morgan fingerprint density at radius 2 is 1.67 bits per heavy atom. The van der Waals surface area contributed by atoms with E-state index in [-0.39, 0.29) is 0 Å². The third-order valence-corrected chi connectivity index (χ3v) is 2.93. The molecule has 2 nitrogen and oxygen atoms in total. The summed E-state index contributed by atoms with van der Waals surface area (Å²) >= 11 is 0. The number of aliphatic hydroxyl groups excluding tert-OH is 1. The Kier molecular flexibility index (Phi) is 3.68. The molecular weight excluding hydrogens is 224 g/mol. The van der Waals surface area contributed by atoms with Crippen LogP contribution in [0.4, 0.5) is 0 Å². The van der Waals surface area contributed by atoms with Crippen LogP contribution in [0.2, 0.25) is 0 Å². The third kappa shape index (κ3) is 2.90. The van der Waals surface area contributed by atoms with Crippen molar-refractivity contribution in [3.05, 3.63) is 59.2 Å². The minimum absolute atomic E-state index is 0.445. The lowest BCUT2D eigenvalue weighted by Gasteiger charge is -2.11. The van der Waals surface area contributed by atoms with E-state index in [0.29, 0.717) is 0 Å². The molecule has 18 heavy (non-hydrogen) atoms. The molecule has 0 aliphatic heterocycles. The van der Waals surface area contributed by atoms with Gasteiger partial charge in [-0.1, -0.05) is 24.3 Å². The Morgan fingerprint density at radius 1 is 1.00 bits per heavy atom. The predicted octanol–water partition coefficient (Wildman–Crippen LogP) is 4.15. The van der Waals surface area contributed by atoms with E-state index in [0.717, 1.165) is 22.6 Å². The van der Waals surface area contributed by atoms with E-state index < -0.39 is 6.10 Å². The topological polar surface area (TPSA) is 29.5 Å². The molecule has 2 aromatic rings. The van der Waals surface area contributed by atoms with Crippen molar-refractivity contribution in [2.75, 3.05) is 0 Å². The molecule has 0 unspecified atom stereocenters. The highest BCUT2D eigenvalue weighted by atomic mass is 16.5. The van der Waals surface area contributed by atoms with Gasteiger partial charge in [-0.2, -0.15) is 0 Å². The Labute approximate surface area is 108 Å². The number of rotatable bonds is 3. The summed E-state index contributed by atoms with van der Waals surface area (Å²) in [5.41, 5.74) is 3.18. The van der Waals surface area contributed by atoms with Gasteiger partial charge in [-0.25, -0.2) is 0 Å². The van der Waals surface area contributed by atoms with Gasteiger partial charge in [-0.15, -0.1) is 0 Å². The first-order valence-electron chi connectivity index (χ1n) is 6.09. The highest BCUT2D eigenvalue weighted by Gasteiger charge is 2.04. The van der Waals surface area contributed by atoms with Crippen LogP contribution < -0.4 is 4.74 Å². The van der Waals surface area contributed by atoms with Crippen LogP contribution in [0.15, 0.2) is 42.5 Å². The number of aliphatic hydroxyl groups is 1. The van der Waals surface area contributed by atoms with E-state index in [4.69, 9.17) is 4.74 Å². The fourth-order valence-corrected chi connectivity index (χ4v) is 1.76. The molecule has 0 aliphatic rings. The average molecular weight is 242 g/mol. The van der Waals surface area contributed by atoms with E-state index in [9.17, 15) is 5.11 Å². The molecular formula is C16H18O2. The fraction of sp³-hybridized carbons (Fsp3) is 0.250. The van der Waals surface area contributed by atoms with Crippen molar-refractivity contribution in [1.82, 2.24) is 0 Å². The van der Waals surface area contributed by atoms with E-state index in [1.807, 2.05) is 44.2 Å².